The number of halogens is 3. The molecule has 0 aliphatic rings. The Balaban J connectivity index is 0. The van der Waals surface area contributed by atoms with E-state index < -0.39 is 7.54 Å². The molecular formula is H2BF3. The molecule has 0 N–H and O–H groups in total. The second-order valence-corrected chi connectivity index (χ2v) is 0.247. The van der Waals surface area contributed by atoms with Gasteiger partial charge in [-0.15, -0.1) is 0 Å². The molecule has 0 aromatic rings. The quantitative estimate of drug-likeness (QED) is 0.374. The highest BCUT2D eigenvalue weighted by Crippen LogP contribution is 1.80. The van der Waals surface area contributed by atoms with Crippen molar-refractivity contribution in [3.8, 4) is 0 Å². The molecule has 0 radical (unpaired) electrons. The Morgan fingerprint density at radius 1 is 1.25 bits per heavy atom. The molecule has 0 unspecified atom stereocenters. The van der Waals surface area contributed by atoms with E-state index in [1.807, 2.05) is 0 Å². The van der Waals surface area contributed by atoms with Crippen molar-refractivity contribution in [2.75, 3.05) is 0 Å². The number of rotatable bonds is 0. The first-order valence-corrected chi connectivity index (χ1v) is 0.655. The molecule has 4 heteroatoms. The largest absolute Gasteiger partial charge is 0.762 e. The van der Waals surface area contributed by atoms with Gasteiger partial charge in [0.25, 0.3) is 0 Å². The van der Waals surface area contributed by atoms with Gasteiger partial charge in [-0.2, -0.15) is 0 Å². The normalized spacial score (nSPS) is 6.75. The molecule has 0 spiro atoms. The van der Waals surface area contributed by atoms with Gasteiger partial charge in [-0.3, -0.25) is 12.9 Å². The standard InChI is InChI=1S/BF3.H2/c2-1(3)4;/h;1H. The molecule has 0 atom stereocenters. The molecule has 0 aliphatic heterocycles. The van der Waals surface area contributed by atoms with Crippen LogP contribution in [0.3, 0.4) is 0 Å². The van der Waals surface area contributed by atoms with E-state index in [1.54, 1.807) is 0 Å². The summed E-state index contributed by atoms with van der Waals surface area (Å²) < 4.78 is 29.0. The maximum absolute atomic E-state index is 9.67. The van der Waals surface area contributed by atoms with Crippen LogP contribution in [-0.4, -0.2) is 7.54 Å². The molecule has 0 aliphatic carbocycles. The van der Waals surface area contributed by atoms with Crippen LogP contribution in [0.4, 0.5) is 12.9 Å². The third kappa shape index (κ3) is 64.4. The van der Waals surface area contributed by atoms with Crippen LogP contribution >= 0.6 is 0 Å². The van der Waals surface area contributed by atoms with Gasteiger partial charge in [-0.05, 0) is 0 Å². The van der Waals surface area contributed by atoms with Crippen molar-refractivity contribution >= 4 is 7.54 Å². The van der Waals surface area contributed by atoms with Crippen molar-refractivity contribution in [3.05, 3.63) is 0 Å². The monoisotopic (exact) mass is 70.0 g/mol. The van der Waals surface area contributed by atoms with Crippen LogP contribution in [0.2, 0.25) is 0 Å². The molecule has 0 saturated heterocycles. The maximum Gasteiger partial charge on any atom is 0.762 e. The van der Waals surface area contributed by atoms with E-state index in [-0.39, 0.29) is 1.43 Å². The van der Waals surface area contributed by atoms with Crippen LogP contribution in [0.5, 0.6) is 0 Å². The van der Waals surface area contributed by atoms with Crippen molar-refractivity contribution < 1.29 is 14.4 Å². The number of hydrogen-bond donors (Lipinski definition) is 0. The van der Waals surface area contributed by atoms with Crippen molar-refractivity contribution in [1.29, 1.82) is 0 Å². The zero-order valence-corrected chi connectivity index (χ0v) is 1.71. The Kier molecular flexibility index (Phi) is 1.16. The summed E-state index contributed by atoms with van der Waals surface area (Å²) in [5.41, 5.74) is 0. The minimum atomic E-state index is -3.67. The summed E-state index contributed by atoms with van der Waals surface area (Å²) in [7, 11) is -3.67. The molecule has 0 saturated carbocycles. The van der Waals surface area contributed by atoms with Crippen LogP contribution in [0.15, 0.2) is 0 Å². The minimum absolute atomic E-state index is 0. The number of hydrogen-bond acceptors (Lipinski definition) is 0. The maximum atomic E-state index is 9.67. The predicted molar refractivity (Wildman–Crippen MR) is 11.2 cm³/mol. The van der Waals surface area contributed by atoms with Gasteiger partial charge in [-0.25, -0.2) is 0 Å². The Hall–Kier alpha value is -0.145. The van der Waals surface area contributed by atoms with E-state index in [2.05, 4.69) is 0 Å². The molecule has 4 heavy (non-hydrogen) atoms. The Labute approximate surface area is 23.3 Å². The molecule has 0 fully saturated rings. The van der Waals surface area contributed by atoms with Crippen LogP contribution < -0.4 is 0 Å². The molecule has 0 amide bonds. The highest BCUT2D eigenvalue weighted by molar-refractivity contribution is 6.33. The highest BCUT2D eigenvalue weighted by Gasteiger charge is 2.06. The molecular weight excluding hydrogens is 67.8 g/mol. The third-order valence-electron chi connectivity index (χ3n) is 0. The zero-order valence-electron chi connectivity index (χ0n) is 1.71. The van der Waals surface area contributed by atoms with Gasteiger partial charge >= 0.3 is 7.54 Å². The molecule has 0 aromatic carbocycles. The van der Waals surface area contributed by atoms with Gasteiger partial charge in [-0.1, -0.05) is 0 Å². The van der Waals surface area contributed by atoms with E-state index in [0.717, 1.165) is 0 Å². The van der Waals surface area contributed by atoms with Crippen molar-refractivity contribution in [2.24, 2.45) is 0 Å². The summed E-state index contributed by atoms with van der Waals surface area (Å²) in [6.45, 7) is 0. The minimum Gasteiger partial charge on any atom is -0.254 e. The second-order valence-electron chi connectivity index (χ2n) is 0.247. The summed E-state index contributed by atoms with van der Waals surface area (Å²) in [5, 5.41) is 0. The van der Waals surface area contributed by atoms with E-state index in [0.29, 0.717) is 0 Å². The lowest BCUT2D eigenvalue weighted by atomic mass is 10.5. The Morgan fingerprint density at radius 3 is 1.25 bits per heavy atom. The summed E-state index contributed by atoms with van der Waals surface area (Å²) >= 11 is 0. The van der Waals surface area contributed by atoms with Gasteiger partial charge in [0.05, 0.1) is 0 Å². The van der Waals surface area contributed by atoms with Crippen LogP contribution in [-0.2, 0) is 0 Å². The van der Waals surface area contributed by atoms with Gasteiger partial charge in [0.15, 0.2) is 0 Å². The lowest BCUT2D eigenvalue weighted by Gasteiger charge is -1.55. The average Bonchev–Trinajstić information content (AvgIpc) is 0.811. The summed E-state index contributed by atoms with van der Waals surface area (Å²) in [5.74, 6) is 0. The summed E-state index contributed by atoms with van der Waals surface area (Å²) in [6, 6.07) is 0. The van der Waals surface area contributed by atoms with Gasteiger partial charge in [0.2, 0.25) is 0 Å². The molecule has 26 valence electrons. The second kappa shape index (κ2) is 1.21. The first kappa shape index (κ1) is 3.85. The van der Waals surface area contributed by atoms with Crippen molar-refractivity contribution in [2.45, 2.75) is 0 Å². The van der Waals surface area contributed by atoms with Gasteiger partial charge in [0.1, 0.15) is 0 Å². The van der Waals surface area contributed by atoms with Crippen molar-refractivity contribution in [1.82, 2.24) is 0 Å². The average molecular weight is 69.8 g/mol. The zero-order chi connectivity index (χ0) is 3.58. The van der Waals surface area contributed by atoms with E-state index in [9.17, 15) is 12.9 Å². The molecule has 0 aromatic heterocycles. The van der Waals surface area contributed by atoms with E-state index in [4.69, 9.17) is 0 Å². The van der Waals surface area contributed by atoms with Crippen LogP contribution in [0.1, 0.15) is 1.43 Å². The molecule has 0 heterocycles. The first-order valence-electron chi connectivity index (χ1n) is 0.655. The van der Waals surface area contributed by atoms with Gasteiger partial charge in [0, 0.05) is 1.43 Å². The summed E-state index contributed by atoms with van der Waals surface area (Å²) in [6.07, 6.45) is 0. The van der Waals surface area contributed by atoms with E-state index in [1.165, 1.54) is 0 Å². The molecule has 0 nitrogen and oxygen atoms in total. The lowest BCUT2D eigenvalue weighted by molar-refractivity contribution is 0.535. The lowest BCUT2D eigenvalue weighted by Crippen LogP contribution is -1.76. The molecule has 0 bridgehead atoms. The van der Waals surface area contributed by atoms with Crippen LogP contribution in [0, 0.1) is 0 Å². The third-order valence-corrected chi connectivity index (χ3v) is 0. The fourth-order valence-electron chi connectivity index (χ4n) is 0. The SMILES string of the molecule is FB(F)F.[HH]. The topological polar surface area (TPSA) is 0 Å². The highest BCUT2D eigenvalue weighted by atomic mass is 19.4. The van der Waals surface area contributed by atoms with Crippen LogP contribution in [0.25, 0.3) is 0 Å². The Bertz CT molecular complexity index is 11.6. The predicted octanol–water partition coefficient (Wildman–Crippen LogP) is 1.13. The smallest absolute Gasteiger partial charge is 0.254 e. The fraction of sp³-hybridized carbons (Fsp3) is 0. The molecule has 0 rings (SSSR count). The first-order chi connectivity index (χ1) is 1.73. The summed E-state index contributed by atoms with van der Waals surface area (Å²) in [4.78, 5) is 0. The Morgan fingerprint density at radius 2 is 1.25 bits per heavy atom. The van der Waals surface area contributed by atoms with E-state index >= 15 is 0 Å². The van der Waals surface area contributed by atoms with Crippen molar-refractivity contribution in [3.63, 3.8) is 0 Å². The van der Waals surface area contributed by atoms with Gasteiger partial charge < -0.3 is 0 Å². The fourth-order valence-corrected chi connectivity index (χ4v) is 0.